The number of nitrogens with two attached hydrogens (primary N) is 1. The van der Waals surface area contributed by atoms with E-state index in [4.69, 9.17) is 5.73 Å². The Bertz CT molecular complexity index is 463. The summed E-state index contributed by atoms with van der Waals surface area (Å²) in [5, 5.41) is 3.47. The van der Waals surface area contributed by atoms with E-state index in [-0.39, 0.29) is 0 Å². The van der Waals surface area contributed by atoms with Gasteiger partial charge in [-0.15, -0.1) is 0 Å². The van der Waals surface area contributed by atoms with Crippen molar-refractivity contribution in [3.63, 3.8) is 0 Å². The molecular weight excluding hydrogens is 252 g/mol. The van der Waals surface area contributed by atoms with E-state index >= 15 is 0 Å². The van der Waals surface area contributed by atoms with Crippen LogP contribution >= 0.6 is 0 Å². The van der Waals surface area contributed by atoms with Gasteiger partial charge in [-0.05, 0) is 56.8 Å². The molecule has 1 aromatic rings. The van der Waals surface area contributed by atoms with Crippen molar-refractivity contribution in [3.05, 3.63) is 23.9 Å². The summed E-state index contributed by atoms with van der Waals surface area (Å²) >= 11 is 0. The number of primary amides is 1. The monoisotopic (exact) mass is 274 g/mol. The van der Waals surface area contributed by atoms with Crippen molar-refractivity contribution >= 4 is 11.7 Å². The van der Waals surface area contributed by atoms with E-state index in [2.05, 4.69) is 15.2 Å². The molecule has 3 rings (SSSR count). The highest BCUT2D eigenvalue weighted by Gasteiger charge is 2.31. The van der Waals surface area contributed by atoms with Gasteiger partial charge in [-0.1, -0.05) is 0 Å². The number of aromatic nitrogens is 1. The Morgan fingerprint density at radius 3 is 2.80 bits per heavy atom. The predicted octanol–water partition coefficient (Wildman–Crippen LogP) is 1.15. The SMILES string of the molecule is NC(=O)c1ccc(N(CC2CCCNC2)C2CC2)nc1. The lowest BCUT2D eigenvalue weighted by atomic mass is 9.99. The molecule has 1 amide bonds. The lowest BCUT2D eigenvalue weighted by molar-refractivity contribution is 0.1000. The summed E-state index contributed by atoms with van der Waals surface area (Å²) in [6.07, 6.45) is 6.64. The summed E-state index contributed by atoms with van der Waals surface area (Å²) in [7, 11) is 0. The van der Waals surface area contributed by atoms with Crippen LogP contribution in [0, 0.1) is 5.92 Å². The fraction of sp³-hybridized carbons (Fsp3) is 0.600. The maximum absolute atomic E-state index is 11.1. The van der Waals surface area contributed by atoms with Gasteiger partial charge in [0.25, 0.3) is 0 Å². The van der Waals surface area contributed by atoms with Gasteiger partial charge < -0.3 is 16.0 Å². The molecule has 2 heterocycles. The standard InChI is InChI=1S/C15H22N4O/c16-15(20)12-3-6-14(18-9-12)19(13-4-5-13)10-11-2-1-7-17-8-11/h3,6,9,11,13,17H,1-2,4-5,7-8,10H2,(H2,16,20). The maximum atomic E-state index is 11.1. The number of carbonyl (C=O) groups is 1. The van der Waals surface area contributed by atoms with Gasteiger partial charge in [0.1, 0.15) is 5.82 Å². The first-order valence-electron chi connectivity index (χ1n) is 7.47. The molecule has 0 bridgehead atoms. The zero-order chi connectivity index (χ0) is 13.9. The molecule has 0 radical (unpaired) electrons. The van der Waals surface area contributed by atoms with Crippen LogP contribution in [-0.2, 0) is 0 Å². The zero-order valence-corrected chi connectivity index (χ0v) is 11.7. The third-order valence-corrected chi connectivity index (χ3v) is 4.17. The van der Waals surface area contributed by atoms with Crippen LogP contribution in [0.2, 0.25) is 0 Å². The molecule has 2 fully saturated rings. The number of rotatable bonds is 5. The average molecular weight is 274 g/mol. The van der Waals surface area contributed by atoms with E-state index in [1.807, 2.05) is 6.07 Å². The molecule has 0 spiro atoms. The van der Waals surface area contributed by atoms with Crippen LogP contribution in [0.4, 0.5) is 5.82 Å². The number of amides is 1. The molecule has 108 valence electrons. The Morgan fingerprint density at radius 1 is 1.40 bits per heavy atom. The van der Waals surface area contributed by atoms with Crippen molar-refractivity contribution in [3.8, 4) is 0 Å². The predicted molar refractivity (Wildman–Crippen MR) is 78.7 cm³/mol. The van der Waals surface area contributed by atoms with E-state index in [1.165, 1.54) is 25.7 Å². The number of hydrogen-bond donors (Lipinski definition) is 2. The van der Waals surface area contributed by atoms with Gasteiger partial charge in [0.05, 0.1) is 5.56 Å². The molecular formula is C15H22N4O. The first-order valence-corrected chi connectivity index (χ1v) is 7.47. The molecule has 20 heavy (non-hydrogen) atoms. The largest absolute Gasteiger partial charge is 0.366 e. The third-order valence-electron chi connectivity index (χ3n) is 4.17. The summed E-state index contributed by atoms with van der Waals surface area (Å²) < 4.78 is 0. The van der Waals surface area contributed by atoms with E-state index < -0.39 is 5.91 Å². The highest BCUT2D eigenvalue weighted by Crippen LogP contribution is 2.32. The van der Waals surface area contributed by atoms with Gasteiger partial charge in [-0.25, -0.2) is 4.98 Å². The van der Waals surface area contributed by atoms with Gasteiger partial charge in [-0.2, -0.15) is 0 Å². The molecule has 1 saturated carbocycles. The maximum Gasteiger partial charge on any atom is 0.250 e. The minimum absolute atomic E-state index is 0.418. The van der Waals surface area contributed by atoms with Crippen LogP contribution in [0.3, 0.4) is 0 Å². The van der Waals surface area contributed by atoms with Crippen molar-refractivity contribution in [2.24, 2.45) is 11.7 Å². The fourth-order valence-electron chi connectivity index (χ4n) is 2.88. The Hall–Kier alpha value is -1.62. The molecule has 1 saturated heterocycles. The van der Waals surface area contributed by atoms with Crippen LogP contribution in [-0.4, -0.2) is 36.6 Å². The topological polar surface area (TPSA) is 71.2 Å². The average Bonchev–Trinajstić information content (AvgIpc) is 3.30. The quantitative estimate of drug-likeness (QED) is 0.845. The van der Waals surface area contributed by atoms with E-state index in [1.54, 1.807) is 12.3 Å². The smallest absolute Gasteiger partial charge is 0.250 e. The minimum Gasteiger partial charge on any atom is -0.366 e. The molecule has 0 aromatic carbocycles. The first kappa shape index (κ1) is 13.4. The molecule has 1 aliphatic heterocycles. The number of hydrogen-bond acceptors (Lipinski definition) is 4. The number of nitrogens with zero attached hydrogens (tertiary/aromatic N) is 2. The molecule has 5 nitrogen and oxygen atoms in total. The molecule has 1 unspecified atom stereocenters. The summed E-state index contributed by atoms with van der Waals surface area (Å²) in [5.41, 5.74) is 5.74. The number of nitrogens with one attached hydrogen (secondary N) is 1. The molecule has 1 aliphatic carbocycles. The Labute approximate surface area is 119 Å². The van der Waals surface area contributed by atoms with Crippen LogP contribution in [0.25, 0.3) is 0 Å². The summed E-state index contributed by atoms with van der Waals surface area (Å²) in [5.74, 6) is 1.25. The van der Waals surface area contributed by atoms with Gasteiger partial charge in [0.15, 0.2) is 0 Å². The second-order valence-electron chi connectivity index (χ2n) is 5.87. The number of anilines is 1. The van der Waals surface area contributed by atoms with Crippen molar-refractivity contribution in [2.75, 3.05) is 24.5 Å². The van der Waals surface area contributed by atoms with Crippen molar-refractivity contribution in [1.82, 2.24) is 10.3 Å². The highest BCUT2D eigenvalue weighted by molar-refractivity contribution is 5.92. The van der Waals surface area contributed by atoms with Gasteiger partial charge in [-0.3, -0.25) is 4.79 Å². The van der Waals surface area contributed by atoms with Crippen molar-refractivity contribution < 1.29 is 4.79 Å². The van der Waals surface area contributed by atoms with Crippen LogP contribution in [0.5, 0.6) is 0 Å². The van der Waals surface area contributed by atoms with E-state index in [0.29, 0.717) is 17.5 Å². The third kappa shape index (κ3) is 3.10. The Kier molecular flexibility index (Phi) is 3.87. The number of carbonyl (C=O) groups excluding carboxylic acids is 1. The Morgan fingerprint density at radius 2 is 2.25 bits per heavy atom. The molecule has 2 aliphatic rings. The van der Waals surface area contributed by atoms with E-state index in [9.17, 15) is 4.79 Å². The molecule has 1 aromatic heterocycles. The lowest BCUT2D eigenvalue weighted by Crippen LogP contribution is -2.39. The fourth-order valence-corrected chi connectivity index (χ4v) is 2.88. The number of piperidine rings is 1. The second kappa shape index (κ2) is 5.79. The number of pyridine rings is 1. The minimum atomic E-state index is -0.418. The zero-order valence-electron chi connectivity index (χ0n) is 11.7. The highest BCUT2D eigenvalue weighted by atomic mass is 16.1. The first-order chi connectivity index (χ1) is 9.74. The summed E-state index contributed by atoms with van der Waals surface area (Å²) in [4.78, 5) is 17.9. The van der Waals surface area contributed by atoms with Crippen LogP contribution in [0.1, 0.15) is 36.0 Å². The van der Waals surface area contributed by atoms with Crippen molar-refractivity contribution in [2.45, 2.75) is 31.7 Å². The van der Waals surface area contributed by atoms with E-state index in [0.717, 1.165) is 25.5 Å². The van der Waals surface area contributed by atoms with Crippen LogP contribution < -0.4 is 16.0 Å². The molecule has 1 atom stereocenters. The summed E-state index contributed by atoms with van der Waals surface area (Å²) in [6.45, 7) is 3.30. The van der Waals surface area contributed by atoms with Crippen molar-refractivity contribution in [1.29, 1.82) is 0 Å². The van der Waals surface area contributed by atoms with Gasteiger partial charge in [0.2, 0.25) is 5.91 Å². The normalized spacial score (nSPS) is 22.5. The Balaban J connectivity index is 1.71. The summed E-state index contributed by atoms with van der Waals surface area (Å²) in [6, 6.07) is 4.33. The van der Waals surface area contributed by atoms with Gasteiger partial charge in [0, 0.05) is 18.8 Å². The molecule has 5 heteroatoms. The van der Waals surface area contributed by atoms with Crippen LogP contribution in [0.15, 0.2) is 18.3 Å². The second-order valence-corrected chi connectivity index (χ2v) is 5.87. The van der Waals surface area contributed by atoms with Gasteiger partial charge >= 0.3 is 0 Å². The molecule has 3 N–H and O–H groups in total. The lowest BCUT2D eigenvalue weighted by Gasteiger charge is -2.31.